The smallest absolute Gasteiger partial charge is 0.415 e. The minimum absolute atomic E-state index is 0.120. The number of fused-ring (bicyclic) bond motifs is 1. The lowest BCUT2D eigenvalue weighted by Gasteiger charge is -2.39. The van der Waals surface area contributed by atoms with Gasteiger partial charge in [-0.15, -0.1) is 10.2 Å². The van der Waals surface area contributed by atoms with Crippen molar-refractivity contribution in [2.45, 2.75) is 69.7 Å². The molecule has 0 spiro atoms. The summed E-state index contributed by atoms with van der Waals surface area (Å²) in [6.45, 7) is 14.9. The molecule has 0 fully saturated rings. The second-order valence-electron chi connectivity index (χ2n) is 11.4. The maximum Gasteiger partial charge on any atom is 0.416 e. The van der Waals surface area contributed by atoms with E-state index < -0.39 is 20.1 Å². The molecule has 200 valence electrons. The van der Waals surface area contributed by atoms with Crippen LogP contribution >= 0.6 is 23.4 Å². The van der Waals surface area contributed by atoms with Crippen LogP contribution in [0.4, 0.5) is 13.2 Å². The third-order valence-corrected chi connectivity index (χ3v) is 13.5. The molecule has 1 unspecified atom stereocenters. The van der Waals surface area contributed by atoms with Gasteiger partial charge in [0, 0.05) is 35.6 Å². The quantitative estimate of drug-likeness (QED) is 0.290. The number of rotatable bonds is 5. The predicted molar refractivity (Wildman–Crippen MR) is 149 cm³/mol. The van der Waals surface area contributed by atoms with Gasteiger partial charge in [-0.2, -0.15) is 24.9 Å². The van der Waals surface area contributed by atoms with Crippen LogP contribution in [0.3, 0.4) is 0 Å². The molecule has 1 aliphatic rings. The van der Waals surface area contributed by atoms with Gasteiger partial charge in [-0.25, -0.2) is 0 Å². The van der Waals surface area contributed by atoms with Crippen LogP contribution in [0.2, 0.25) is 23.2 Å². The molecule has 3 aromatic rings. The van der Waals surface area contributed by atoms with Gasteiger partial charge in [0.1, 0.15) is 5.82 Å². The maximum atomic E-state index is 13.2. The van der Waals surface area contributed by atoms with Crippen LogP contribution in [0.25, 0.3) is 22.5 Å². The molecule has 0 amide bonds. The van der Waals surface area contributed by atoms with E-state index >= 15 is 0 Å². The first-order chi connectivity index (χ1) is 17.1. The Morgan fingerprint density at radius 2 is 1.78 bits per heavy atom. The molecular weight excluding hydrogens is 535 g/mol. The van der Waals surface area contributed by atoms with Gasteiger partial charge in [0.15, 0.2) is 14.1 Å². The van der Waals surface area contributed by atoms with Gasteiger partial charge in [-0.1, -0.05) is 50.6 Å². The summed E-state index contributed by atoms with van der Waals surface area (Å²) in [7, 11) is -1.88. The lowest BCUT2D eigenvalue weighted by atomic mass is 10.0. The third kappa shape index (κ3) is 6.10. The molecule has 0 saturated heterocycles. The zero-order valence-corrected chi connectivity index (χ0v) is 24.6. The number of thioether (sulfide) groups is 1. The second kappa shape index (κ2) is 10.1. The molecule has 4 rings (SSSR count). The minimum atomic E-state index is -4.40. The van der Waals surface area contributed by atoms with Gasteiger partial charge in [0.05, 0.1) is 10.6 Å². The summed E-state index contributed by atoms with van der Waals surface area (Å²) < 4.78 is 48.1. The zero-order chi connectivity index (χ0) is 27.2. The number of benzene rings is 2. The van der Waals surface area contributed by atoms with Gasteiger partial charge in [-0.3, -0.25) is 0 Å². The molecule has 4 nitrogen and oxygen atoms in total. The normalized spacial score (nSPS) is 19.0. The second-order valence-corrected chi connectivity index (χ2v) is 18.3. The highest BCUT2D eigenvalue weighted by atomic mass is 35.5. The van der Waals surface area contributed by atoms with E-state index in [1.54, 1.807) is 18.2 Å². The van der Waals surface area contributed by atoms with Gasteiger partial charge < -0.3 is 8.99 Å². The molecule has 0 radical (unpaired) electrons. The fourth-order valence-electron chi connectivity index (χ4n) is 4.06. The molecule has 1 aromatic heterocycles. The van der Waals surface area contributed by atoms with Crippen molar-refractivity contribution in [3.05, 3.63) is 58.9 Å². The summed E-state index contributed by atoms with van der Waals surface area (Å²) in [6, 6.07) is 10.5. The van der Waals surface area contributed by atoms with Crippen LogP contribution in [0.15, 0.2) is 42.5 Å². The van der Waals surface area contributed by atoms with Crippen LogP contribution in [0, 0.1) is 0 Å². The molecule has 0 aliphatic carbocycles. The van der Waals surface area contributed by atoms with Crippen molar-refractivity contribution >= 4 is 31.7 Å². The molecule has 2 heterocycles. The predicted octanol–water partition coefficient (Wildman–Crippen LogP) is 8.35. The van der Waals surface area contributed by atoms with E-state index in [-0.39, 0.29) is 9.79 Å². The SMILES string of the molecule is CC1(CO[Si](C)(C)C(C)(C)C)Cc2nnc(-c3ccc(-c4cccc(C(F)(F)F)c4)cc3Cl)n2CCS1. The molecular formula is C27H33ClF3N3OSSi. The molecule has 1 aliphatic heterocycles. The van der Waals surface area contributed by atoms with Crippen molar-refractivity contribution in [3.63, 3.8) is 0 Å². The van der Waals surface area contributed by atoms with Crippen molar-refractivity contribution in [2.24, 2.45) is 0 Å². The molecule has 1 atom stereocenters. The largest absolute Gasteiger partial charge is 0.416 e. The Bertz CT molecular complexity index is 1290. The van der Waals surface area contributed by atoms with Crippen molar-refractivity contribution in [3.8, 4) is 22.5 Å². The Hall–Kier alpha value is -1.81. The van der Waals surface area contributed by atoms with Crippen LogP contribution < -0.4 is 0 Å². The molecule has 2 aromatic carbocycles. The zero-order valence-electron chi connectivity index (χ0n) is 22.0. The Balaban J connectivity index is 1.58. The number of nitrogens with zero attached hydrogens (tertiary/aromatic N) is 3. The lowest BCUT2D eigenvalue weighted by Crippen LogP contribution is -2.45. The standard InChI is InChI=1S/C27H33ClF3N3OSSi/c1-25(2,3)37(5,6)35-17-26(4)16-23-32-33-24(34(23)12-13-36-26)21-11-10-19(15-22(21)28)18-8-7-9-20(14-18)27(29,30)31/h7-11,14-15H,12-13,16-17H2,1-6H3. The average molecular weight is 568 g/mol. The van der Waals surface area contributed by atoms with Gasteiger partial charge in [0.2, 0.25) is 0 Å². The number of halogens is 4. The highest BCUT2D eigenvalue weighted by Crippen LogP contribution is 2.41. The van der Waals surface area contributed by atoms with Gasteiger partial charge >= 0.3 is 6.18 Å². The molecule has 10 heteroatoms. The van der Waals surface area contributed by atoms with E-state index in [1.165, 1.54) is 6.07 Å². The first-order valence-electron chi connectivity index (χ1n) is 12.3. The summed E-state index contributed by atoms with van der Waals surface area (Å²) in [5.41, 5.74) is 1.09. The summed E-state index contributed by atoms with van der Waals surface area (Å²) in [5.74, 6) is 2.44. The van der Waals surface area contributed by atoms with E-state index in [4.69, 9.17) is 16.0 Å². The van der Waals surface area contributed by atoms with Crippen molar-refractivity contribution < 1.29 is 17.6 Å². The highest BCUT2D eigenvalue weighted by Gasteiger charge is 2.40. The van der Waals surface area contributed by atoms with Crippen molar-refractivity contribution in [2.75, 3.05) is 12.4 Å². The maximum absolute atomic E-state index is 13.2. The molecule has 37 heavy (non-hydrogen) atoms. The Kier molecular flexibility index (Phi) is 7.67. The summed E-state index contributed by atoms with van der Waals surface area (Å²) in [5, 5.41) is 9.55. The van der Waals surface area contributed by atoms with Gasteiger partial charge in [-0.05, 0) is 60.4 Å². The average Bonchev–Trinajstić information content (AvgIpc) is 3.09. The number of alkyl halides is 3. The van der Waals surface area contributed by atoms with E-state index in [0.717, 1.165) is 36.7 Å². The first kappa shape index (κ1) is 28.2. The number of aromatic nitrogens is 3. The topological polar surface area (TPSA) is 39.9 Å². The van der Waals surface area contributed by atoms with E-state index in [1.807, 2.05) is 17.8 Å². The van der Waals surface area contributed by atoms with E-state index in [9.17, 15) is 13.2 Å². The number of hydrogen-bond donors (Lipinski definition) is 0. The van der Waals surface area contributed by atoms with E-state index in [2.05, 4.69) is 55.6 Å². The molecule has 0 saturated carbocycles. The first-order valence-corrected chi connectivity index (χ1v) is 16.5. The Morgan fingerprint density at radius 1 is 1.08 bits per heavy atom. The van der Waals surface area contributed by atoms with Crippen LogP contribution in [0.1, 0.15) is 39.1 Å². The summed E-state index contributed by atoms with van der Waals surface area (Å²) in [6.07, 6.45) is -3.68. The van der Waals surface area contributed by atoms with Crippen LogP contribution in [-0.4, -0.2) is 40.2 Å². The monoisotopic (exact) mass is 567 g/mol. The van der Waals surface area contributed by atoms with Crippen LogP contribution in [0.5, 0.6) is 0 Å². The van der Waals surface area contributed by atoms with Crippen LogP contribution in [-0.2, 0) is 23.6 Å². The summed E-state index contributed by atoms with van der Waals surface area (Å²) in [4.78, 5) is 0. The Labute approximate surface area is 227 Å². The lowest BCUT2D eigenvalue weighted by molar-refractivity contribution is -0.137. The van der Waals surface area contributed by atoms with Crippen molar-refractivity contribution in [1.29, 1.82) is 0 Å². The summed E-state index contributed by atoms with van der Waals surface area (Å²) >= 11 is 8.55. The molecule has 0 bridgehead atoms. The number of hydrogen-bond acceptors (Lipinski definition) is 4. The van der Waals surface area contributed by atoms with Crippen molar-refractivity contribution in [1.82, 2.24) is 14.8 Å². The highest BCUT2D eigenvalue weighted by molar-refractivity contribution is 8.00. The third-order valence-electron chi connectivity index (χ3n) is 7.40. The molecule has 0 N–H and O–H groups in total. The minimum Gasteiger partial charge on any atom is -0.415 e. The van der Waals surface area contributed by atoms with Gasteiger partial charge in [0.25, 0.3) is 0 Å². The fraction of sp³-hybridized carbons (Fsp3) is 0.481. The fourth-order valence-corrected chi connectivity index (χ4v) is 6.68. The van der Waals surface area contributed by atoms with E-state index in [0.29, 0.717) is 34.1 Å². The Morgan fingerprint density at radius 3 is 2.43 bits per heavy atom.